The molecular formula is C19H19N3O2. The van der Waals surface area contributed by atoms with Crippen LogP contribution in [0.4, 0.5) is 0 Å². The van der Waals surface area contributed by atoms with Gasteiger partial charge in [-0.15, -0.1) is 0 Å². The Kier molecular flexibility index (Phi) is 3.78. The molecular weight excluding hydrogens is 302 g/mol. The van der Waals surface area contributed by atoms with Crippen molar-refractivity contribution >= 4 is 16.9 Å². The molecule has 1 fully saturated rings. The Balaban J connectivity index is 1.58. The van der Waals surface area contributed by atoms with E-state index in [1.54, 1.807) is 6.33 Å². The Morgan fingerprint density at radius 2 is 1.96 bits per heavy atom. The van der Waals surface area contributed by atoms with E-state index in [2.05, 4.69) is 4.98 Å². The summed E-state index contributed by atoms with van der Waals surface area (Å²) in [6, 6.07) is 15.6. The topological polar surface area (TPSA) is 58.4 Å². The second-order valence-corrected chi connectivity index (χ2v) is 6.24. The number of aliphatic hydroxyl groups excluding tert-OH is 1. The summed E-state index contributed by atoms with van der Waals surface area (Å²) in [7, 11) is 0. The fraction of sp³-hybridized carbons (Fsp3) is 0.263. The Hall–Kier alpha value is -2.66. The minimum Gasteiger partial charge on any atom is -0.396 e. The van der Waals surface area contributed by atoms with Crippen molar-refractivity contribution in [1.29, 1.82) is 0 Å². The highest BCUT2D eigenvalue weighted by molar-refractivity contribution is 5.94. The van der Waals surface area contributed by atoms with Crippen LogP contribution in [0.25, 0.3) is 16.7 Å². The molecule has 0 spiro atoms. The van der Waals surface area contributed by atoms with Crippen molar-refractivity contribution in [2.45, 2.75) is 6.42 Å². The van der Waals surface area contributed by atoms with Crippen molar-refractivity contribution in [1.82, 2.24) is 14.5 Å². The molecule has 0 saturated carbocycles. The summed E-state index contributed by atoms with van der Waals surface area (Å²) in [5.41, 5.74) is 3.66. The highest BCUT2D eigenvalue weighted by Crippen LogP contribution is 2.21. The molecule has 5 heteroatoms. The van der Waals surface area contributed by atoms with E-state index in [1.165, 1.54) is 0 Å². The van der Waals surface area contributed by atoms with Gasteiger partial charge in [-0.25, -0.2) is 4.98 Å². The molecule has 0 radical (unpaired) electrons. The van der Waals surface area contributed by atoms with E-state index in [0.29, 0.717) is 12.1 Å². The van der Waals surface area contributed by atoms with Gasteiger partial charge in [0, 0.05) is 36.9 Å². The number of carbonyl (C=O) groups excluding carboxylic acids is 1. The van der Waals surface area contributed by atoms with E-state index in [9.17, 15) is 9.90 Å². The lowest BCUT2D eigenvalue weighted by Gasteiger charge is -2.16. The standard InChI is InChI=1S/C19H19N3O2/c23-12-14-9-10-21(11-14)19(24)15-5-7-16(8-6-15)22-13-20-17-3-1-2-4-18(17)22/h1-8,13-14,23H,9-12H2. The van der Waals surface area contributed by atoms with Gasteiger partial charge in [0.2, 0.25) is 0 Å². The molecule has 2 aromatic carbocycles. The van der Waals surface area contributed by atoms with Crippen molar-refractivity contribution in [2.75, 3.05) is 19.7 Å². The van der Waals surface area contributed by atoms with Gasteiger partial charge in [-0.2, -0.15) is 0 Å². The molecule has 0 bridgehead atoms. The number of benzene rings is 2. The van der Waals surface area contributed by atoms with E-state index in [0.717, 1.165) is 29.7 Å². The number of aliphatic hydroxyl groups is 1. The van der Waals surface area contributed by atoms with Gasteiger partial charge in [-0.1, -0.05) is 12.1 Å². The van der Waals surface area contributed by atoms with Crippen LogP contribution in [0.1, 0.15) is 16.8 Å². The van der Waals surface area contributed by atoms with Crippen LogP contribution in [0.5, 0.6) is 0 Å². The largest absolute Gasteiger partial charge is 0.396 e. The summed E-state index contributed by atoms with van der Waals surface area (Å²) in [4.78, 5) is 18.8. The van der Waals surface area contributed by atoms with Crippen LogP contribution in [0.3, 0.4) is 0 Å². The summed E-state index contributed by atoms with van der Waals surface area (Å²) in [6.07, 6.45) is 2.68. The van der Waals surface area contributed by atoms with E-state index in [1.807, 2.05) is 58.0 Å². The van der Waals surface area contributed by atoms with Crippen LogP contribution in [-0.2, 0) is 0 Å². The molecule has 1 N–H and O–H groups in total. The maximum absolute atomic E-state index is 12.5. The van der Waals surface area contributed by atoms with Gasteiger partial charge in [0.15, 0.2) is 0 Å². The third-order valence-corrected chi connectivity index (χ3v) is 4.68. The Labute approximate surface area is 140 Å². The molecule has 1 aliphatic heterocycles. The highest BCUT2D eigenvalue weighted by atomic mass is 16.3. The number of likely N-dealkylation sites (tertiary alicyclic amines) is 1. The molecule has 3 aromatic rings. The van der Waals surface area contributed by atoms with Gasteiger partial charge in [-0.3, -0.25) is 9.36 Å². The smallest absolute Gasteiger partial charge is 0.253 e. The van der Waals surface area contributed by atoms with Crippen molar-refractivity contribution in [2.24, 2.45) is 5.92 Å². The average molecular weight is 321 g/mol. The number of carbonyl (C=O) groups is 1. The summed E-state index contributed by atoms with van der Waals surface area (Å²) in [5.74, 6) is 0.249. The van der Waals surface area contributed by atoms with Crippen molar-refractivity contribution in [3.05, 3.63) is 60.4 Å². The van der Waals surface area contributed by atoms with Crippen LogP contribution < -0.4 is 0 Å². The zero-order valence-corrected chi connectivity index (χ0v) is 13.3. The van der Waals surface area contributed by atoms with Gasteiger partial charge in [0.1, 0.15) is 6.33 Å². The molecule has 1 amide bonds. The van der Waals surface area contributed by atoms with Crippen LogP contribution in [0.15, 0.2) is 54.9 Å². The first-order valence-electron chi connectivity index (χ1n) is 8.19. The number of nitrogens with zero attached hydrogens (tertiary/aromatic N) is 3. The van der Waals surface area contributed by atoms with Crippen LogP contribution >= 0.6 is 0 Å². The van der Waals surface area contributed by atoms with Crippen LogP contribution in [0, 0.1) is 5.92 Å². The lowest BCUT2D eigenvalue weighted by atomic mass is 10.1. The first-order valence-corrected chi connectivity index (χ1v) is 8.19. The molecule has 2 heterocycles. The molecule has 24 heavy (non-hydrogen) atoms. The van der Waals surface area contributed by atoms with E-state index < -0.39 is 0 Å². The Bertz CT molecular complexity index is 870. The Morgan fingerprint density at radius 1 is 1.17 bits per heavy atom. The first kappa shape index (κ1) is 14.9. The van der Waals surface area contributed by atoms with Gasteiger partial charge in [-0.05, 0) is 42.8 Å². The minimum absolute atomic E-state index is 0.0352. The molecule has 5 nitrogen and oxygen atoms in total. The third kappa shape index (κ3) is 2.57. The Morgan fingerprint density at radius 3 is 2.71 bits per heavy atom. The number of aromatic nitrogens is 2. The van der Waals surface area contributed by atoms with Crippen molar-refractivity contribution in [3.8, 4) is 5.69 Å². The summed E-state index contributed by atoms with van der Waals surface area (Å²) >= 11 is 0. The zero-order valence-electron chi connectivity index (χ0n) is 13.3. The molecule has 1 unspecified atom stereocenters. The number of para-hydroxylation sites is 2. The number of amides is 1. The summed E-state index contributed by atoms with van der Waals surface area (Å²) < 4.78 is 2.02. The van der Waals surface area contributed by atoms with Crippen LogP contribution in [0.2, 0.25) is 0 Å². The summed E-state index contributed by atoms with van der Waals surface area (Å²) in [6.45, 7) is 1.51. The quantitative estimate of drug-likeness (QED) is 0.806. The number of hydrogen-bond acceptors (Lipinski definition) is 3. The van der Waals surface area contributed by atoms with Crippen molar-refractivity contribution < 1.29 is 9.90 Å². The molecule has 1 saturated heterocycles. The van der Waals surface area contributed by atoms with Gasteiger partial charge in [0.25, 0.3) is 5.91 Å². The number of fused-ring (bicyclic) bond motifs is 1. The predicted octanol–water partition coefficient (Wildman–Crippen LogP) is 2.48. The van der Waals surface area contributed by atoms with Gasteiger partial charge >= 0.3 is 0 Å². The maximum Gasteiger partial charge on any atom is 0.253 e. The fourth-order valence-corrected chi connectivity index (χ4v) is 3.28. The molecule has 1 aromatic heterocycles. The second kappa shape index (κ2) is 6.09. The molecule has 122 valence electrons. The van der Waals surface area contributed by atoms with Crippen LogP contribution in [-0.4, -0.2) is 45.2 Å². The normalized spacial score (nSPS) is 17.5. The number of rotatable bonds is 3. The van der Waals surface area contributed by atoms with E-state index in [-0.39, 0.29) is 18.4 Å². The first-order chi connectivity index (χ1) is 11.8. The minimum atomic E-state index is 0.0352. The lowest BCUT2D eigenvalue weighted by molar-refractivity contribution is 0.0782. The SMILES string of the molecule is O=C(c1ccc(-n2cnc3ccccc32)cc1)N1CCC(CO)C1. The third-order valence-electron chi connectivity index (χ3n) is 4.68. The predicted molar refractivity (Wildman–Crippen MR) is 92.2 cm³/mol. The molecule has 1 atom stereocenters. The van der Waals surface area contributed by atoms with Crippen molar-refractivity contribution in [3.63, 3.8) is 0 Å². The van der Waals surface area contributed by atoms with Gasteiger partial charge < -0.3 is 10.0 Å². The number of hydrogen-bond donors (Lipinski definition) is 1. The summed E-state index contributed by atoms with van der Waals surface area (Å²) in [5, 5.41) is 9.22. The molecule has 4 rings (SSSR count). The molecule has 0 aliphatic carbocycles. The maximum atomic E-state index is 12.5. The number of imidazole rings is 1. The average Bonchev–Trinajstić information content (AvgIpc) is 3.28. The lowest BCUT2D eigenvalue weighted by Crippen LogP contribution is -2.29. The molecule has 1 aliphatic rings. The zero-order chi connectivity index (χ0) is 16.5. The monoisotopic (exact) mass is 321 g/mol. The second-order valence-electron chi connectivity index (χ2n) is 6.24. The van der Waals surface area contributed by atoms with E-state index >= 15 is 0 Å². The van der Waals surface area contributed by atoms with Gasteiger partial charge in [0.05, 0.1) is 11.0 Å². The highest BCUT2D eigenvalue weighted by Gasteiger charge is 2.26. The van der Waals surface area contributed by atoms with E-state index in [4.69, 9.17) is 0 Å². The fourth-order valence-electron chi connectivity index (χ4n) is 3.28.